The molecule has 3 heteroatoms. The number of benzene rings is 1. The lowest BCUT2D eigenvalue weighted by Crippen LogP contribution is -2.63. The average Bonchev–Trinajstić information content (AvgIpc) is 2.41. The third kappa shape index (κ3) is 1.73. The number of carbonyl (C=O) groups is 1. The second-order valence-electron chi connectivity index (χ2n) is 7.81. The Balaban J connectivity index is 1.90. The number of ketones is 1. The van der Waals surface area contributed by atoms with E-state index in [9.17, 15) is 9.90 Å². The first-order valence-electron chi connectivity index (χ1n) is 8.01. The van der Waals surface area contributed by atoms with E-state index in [4.69, 9.17) is 0 Å². The van der Waals surface area contributed by atoms with Gasteiger partial charge in [0.2, 0.25) is 0 Å². The zero-order valence-electron chi connectivity index (χ0n) is 12.8. The first kappa shape index (κ1) is 13.3. The van der Waals surface area contributed by atoms with Gasteiger partial charge in [0.25, 0.3) is 0 Å². The predicted molar refractivity (Wildman–Crippen MR) is 81.4 cm³/mol. The van der Waals surface area contributed by atoms with Crippen molar-refractivity contribution in [2.24, 2.45) is 11.3 Å². The molecule has 112 valence electrons. The third-order valence-corrected chi connectivity index (χ3v) is 6.20. The summed E-state index contributed by atoms with van der Waals surface area (Å²) in [6, 6.07) is 6.23. The van der Waals surface area contributed by atoms with Crippen LogP contribution in [0.5, 0.6) is 5.75 Å². The molecular weight excluding hydrogens is 262 g/mol. The molecule has 4 rings (SSSR count). The number of Topliss-reactive ketones (excluding diaryl/α,β-unsaturated/α-hetero) is 1. The van der Waals surface area contributed by atoms with Gasteiger partial charge in [0, 0.05) is 23.3 Å². The molecule has 1 saturated carbocycles. The molecule has 2 fully saturated rings. The summed E-state index contributed by atoms with van der Waals surface area (Å²) in [6.07, 6.45) is 3.62. The van der Waals surface area contributed by atoms with Gasteiger partial charge >= 0.3 is 0 Å². The monoisotopic (exact) mass is 285 g/mol. The summed E-state index contributed by atoms with van der Waals surface area (Å²) in [5.74, 6) is 1.22. The molecule has 1 aromatic carbocycles. The lowest BCUT2D eigenvalue weighted by molar-refractivity contribution is -0.136. The molecule has 21 heavy (non-hydrogen) atoms. The van der Waals surface area contributed by atoms with Gasteiger partial charge in [-0.15, -0.1) is 0 Å². The number of rotatable bonds is 0. The Morgan fingerprint density at radius 2 is 2.14 bits per heavy atom. The highest BCUT2D eigenvalue weighted by Crippen LogP contribution is 2.56. The molecular formula is C18H23NO2. The highest BCUT2D eigenvalue weighted by atomic mass is 16.3. The van der Waals surface area contributed by atoms with Gasteiger partial charge in [-0.3, -0.25) is 4.79 Å². The molecule has 0 radical (unpaired) electrons. The quantitative estimate of drug-likeness (QED) is 0.770. The molecule has 3 aliphatic rings. The highest BCUT2D eigenvalue weighted by Gasteiger charge is 2.57. The van der Waals surface area contributed by atoms with Crippen LogP contribution >= 0.6 is 0 Å². The molecule has 1 heterocycles. The number of nitrogens with one attached hydrogen (secondary N) is 1. The smallest absolute Gasteiger partial charge is 0.139 e. The fraction of sp³-hybridized carbons (Fsp3) is 0.611. The zero-order chi connectivity index (χ0) is 14.8. The predicted octanol–water partition coefficient (Wildman–Crippen LogP) is 2.55. The summed E-state index contributed by atoms with van der Waals surface area (Å²) in [6.45, 7) is 5.16. The Kier molecular flexibility index (Phi) is 2.60. The van der Waals surface area contributed by atoms with Crippen LogP contribution in [0.2, 0.25) is 0 Å². The molecule has 1 aliphatic heterocycles. The fourth-order valence-corrected chi connectivity index (χ4v) is 5.03. The normalized spacial score (nSPS) is 36.8. The molecule has 0 aromatic heterocycles. The fourth-order valence-electron chi connectivity index (χ4n) is 5.03. The topological polar surface area (TPSA) is 49.3 Å². The number of phenolic OH excluding ortho intramolecular Hbond substituents is 1. The molecule has 0 amide bonds. The maximum absolute atomic E-state index is 12.7. The van der Waals surface area contributed by atoms with Crippen LogP contribution in [-0.2, 0) is 16.6 Å². The summed E-state index contributed by atoms with van der Waals surface area (Å²) in [5, 5.41) is 13.6. The van der Waals surface area contributed by atoms with Crippen molar-refractivity contribution in [2.75, 3.05) is 6.54 Å². The van der Waals surface area contributed by atoms with Gasteiger partial charge in [-0.2, -0.15) is 0 Å². The van der Waals surface area contributed by atoms with Crippen LogP contribution in [0.3, 0.4) is 0 Å². The summed E-state index contributed by atoms with van der Waals surface area (Å²) in [4.78, 5) is 12.7. The van der Waals surface area contributed by atoms with Crippen molar-refractivity contribution in [1.82, 2.24) is 5.32 Å². The SMILES string of the molecule is CC1(C)C[C@H]2[C@H]3Cc4ccc(O)cc4[C@@]2(CCN3)CC1=O. The minimum absolute atomic E-state index is 0.0468. The Morgan fingerprint density at radius 1 is 1.33 bits per heavy atom. The van der Waals surface area contributed by atoms with Crippen molar-refractivity contribution in [1.29, 1.82) is 0 Å². The van der Waals surface area contributed by atoms with E-state index in [1.165, 1.54) is 11.1 Å². The maximum atomic E-state index is 12.7. The molecule has 0 spiro atoms. The van der Waals surface area contributed by atoms with E-state index >= 15 is 0 Å². The van der Waals surface area contributed by atoms with Crippen molar-refractivity contribution in [3.05, 3.63) is 29.3 Å². The van der Waals surface area contributed by atoms with Crippen molar-refractivity contribution in [2.45, 2.75) is 51.0 Å². The van der Waals surface area contributed by atoms with Crippen molar-refractivity contribution in [3.63, 3.8) is 0 Å². The van der Waals surface area contributed by atoms with E-state index in [1.54, 1.807) is 6.07 Å². The number of carbonyl (C=O) groups excluding carboxylic acids is 1. The van der Waals surface area contributed by atoms with Gasteiger partial charge in [0.05, 0.1) is 0 Å². The second kappa shape index (κ2) is 4.10. The first-order chi connectivity index (χ1) is 9.92. The summed E-state index contributed by atoms with van der Waals surface area (Å²) in [7, 11) is 0. The van der Waals surface area contributed by atoms with Gasteiger partial charge in [-0.25, -0.2) is 0 Å². The molecule has 3 atom stereocenters. The molecule has 1 aromatic rings. The zero-order valence-corrected chi connectivity index (χ0v) is 12.8. The second-order valence-corrected chi connectivity index (χ2v) is 7.81. The molecule has 3 nitrogen and oxygen atoms in total. The number of phenols is 1. The third-order valence-electron chi connectivity index (χ3n) is 6.20. The lowest BCUT2D eigenvalue weighted by Gasteiger charge is -2.58. The van der Waals surface area contributed by atoms with Crippen LogP contribution in [0.4, 0.5) is 0 Å². The van der Waals surface area contributed by atoms with Crippen LogP contribution in [-0.4, -0.2) is 23.5 Å². The Labute approximate surface area is 125 Å². The van der Waals surface area contributed by atoms with Crippen molar-refractivity contribution < 1.29 is 9.90 Å². The van der Waals surface area contributed by atoms with Crippen LogP contribution < -0.4 is 5.32 Å². The molecule has 2 aliphatic carbocycles. The van der Waals surface area contributed by atoms with E-state index in [0.717, 1.165) is 25.8 Å². The maximum Gasteiger partial charge on any atom is 0.139 e. The van der Waals surface area contributed by atoms with Crippen molar-refractivity contribution in [3.8, 4) is 5.75 Å². The summed E-state index contributed by atoms with van der Waals surface area (Å²) >= 11 is 0. The average molecular weight is 285 g/mol. The lowest BCUT2D eigenvalue weighted by atomic mass is 9.48. The van der Waals surface area contributed by atoms with Crippen LogP contribution in [0, 0.1) is 11.3 Å². The largest absolute Gasteiger partial charge is 0.508 e. The first-order valence-corrected chi connectivity index (χ1v) is 8.01. The summed E-state index contributed by atoms with van der Waals surface area (Å²) in [5.41, 5.74) is 2.30. The minimum atomic E-state index is -0.209. The molecule has 0 unspecified atom stereocenters. The number of hydrogen-bond acceptors (Lipinski definition) is 3. The highest BCUT2D eigenvalue weighted by molar-refractivity contribution is 5.87. The van der Waals surface area contributed by atoms with Gasteiger partial charge < -0.3 is 10.4 Å². The van der Waals surface area contributed by atoms with Gasteiger partial charge in [-0.05, 0) is 55.0 Å². The molecule has 2 bridgehead atoms. The van der Waals surface area contributed by atoms with E-state index in [0.29, 0.717) is 29.9 Å². The van der Waals surface area contributed by atoms with Crippen LogP contribution in [0.15, 0.2) is 18.2 Å². The van der Waals surface area contributed by atoms with Gasteiger partial charge in [0.1, 0.15) is 11.5 Å². The summed E-state index contributed by atoms with van der Waals surface area (Å²) < 4.78 is 0. The van der Waals surface area contributed by atoms with E-state index in [2.05, 4.69) is 19.2 Å². The van der Waals surface area contributed by atoms with E-state index < -0.39 is 0 Å². The number of hydrogen-bond donors (Lipinski definition) is 2. The Hall–Kier alpha value is -1.35. The Bertz CT molecular complexity index is 622. The number of fused-ring (bicyclic) bond motifs is 1. The van der Waals surface area contributed by atoms with Gasteiger partial charge in [0.15, 0.2) is 0 Å². The number of aromatic hydroxyl groups is 1. The number of piperidine rings is 1. The van der Waals surface area contributed by atoms with Gasteiger partial charge in [-0.1, -0.05) is 19.9 Å². The molecule has 1 saturated heterocycles. The van der Waals surface area contributed by atoms with Crippen LogP contribution in [0.1, 0.15) is 44.2 Å². The minimum Gasteiger partial charge on any atom is -0.508 e. The van der Waals surface area contributed by atoms with Crippen molar-refractivity contribution >= 4 is 5.78 Å². The Morgan fingerprint density at radius 3 is 2.95 bits per heavy atom. The standard InChI is InChI=1S/C18H23NO2/c1-17(2)9-14-15-7-11-3-4-12(20)8-13(11)18(14,5-6-19-15)10-16(17)21/h3-4,8,14-15,19-20H,5-7,9-10H2,1-2H3/t14-,15+,18+/m0/s1. The van der Waals surface area contributed by atoms with E-state index in [-0.39, 0.29) is 10.8 Å². The van der Waals surface area contributed by atoms with E-state index in [1.807, 2.05) is 12.1 Å². The molecule has 2 N–H and O–H groups in total. The van der Waals surface area contributed by atoms with Crippen LogP contribution in [0.25, 0.3) is 0 Å².